The average Bonchev–Trinajstić information content (AvgIpc) is 2.29. The van der Waals surface area contributed by atoms with Crippen LogP contribution in [-0.2, 0) is 4.55 Å². The monoisotopic (exact) mass is 207 g/mol. The van der Waals surface area contributed by atoms with Crippen LogP contribution in [0.4, 0.5) is 0 Å². The summed E-state index contributed by atoms with van der Waals surface area (Å²) in [5, 5.41) is 0. The Morgan fingerprint density at radius 3 is 2.60 bits per heavy atom. The predicted molar refractivity (Wildman–Crippen MR) is 64.5 cm³/mol. The van der Waals surface area contributed by atoms with Crippen molar-refractivity contribution in [2.24, 2.45) is 0 Å². The molecule has 0 fully saturated rings. The van der Waals surface area contributed by atoms with E-state index in [2.05, 4.69) is 48.3 Å². The quantitative estimate of drug-likeness (QED) is 0.701. The highest BCUT2D eigenvalue weighted by atomic mass is 24.5. The van der Waals surface area contributed by atoms with Crippen LogP contribution in [0, 0.1) is 6.92 Å². The zero-order valence-corrected chi connectivity index (χ0v) is 10.4. The summed E-state index contributed by atoms with van der Waals surface area (Å²) in [6, 6.07) is 15.0. The molecule has 0 saturated carbocycles. The standard InChI is InChI=1S/C7H7.C6H6N.Mg/c1-7-5-3-2-4-6-7;1-6-4-2-3-5-7-6;/h2-6H,1H2;2-3,5H,1H3;. The second-order valence-corrected chi connectivity index (χ2v) is 5.50. The number of hydrogen-bond acceptors (Lipinski definition) is 1. The first kappa shape index (κ1) is 10.6. The van der Waals surface area contributed by atoms with Crippen molar-refractivity contribution in [3.8, 4) is 0 Å². The minimum atomic E-state index is -0.201. The van der Waals surface area contributed by atoms with Crippen LogP contribution >= 0.6 is 0 Å². The summed E-state index contributed by atoms with van der Waals surface area (Å²) in [7, 11) is 0. The number of aryl methyl sites for hydroxylation is 1. The molecule has 1 aromatic heterocycles. The first-order valence-electron chi connectivity index (χ1n) is 5.30. The molecular weight excluding hydrogens is 194 g/mol. The third-order valence-corrected chi connectivity index (χ3v) is 4.76. The molecule has 0 saturated heterocycles. The van der Waals surface area contributed by atoms with Crippen molar-refractivity contribution in [2.75, 3.05) is 0 Å². The van der Waals surface area contributed by atoms with Gasteiger partial charge in [0, 0.05) is 11.9 Å². The fraction of sp³-hybridized carbons (Fsp3) is 0.154. The summed E-state index contributed by atoms with van der Waals surface area (Å²) < 4.78 is 2.72. The molecular formula is C13H13MgN. The van der Waals surface area contributed by atoms with Gasteiger partial charge in [0.1, 0.15) is 0 Å². The van der Waals surface area contributed by atoms with Gasteiger partial charge in [-0.2, -0.15) is 3.69 Å². The van der Waals surface area contributed by atoms with Crippen LogP contribution in [0.3, 0.4) is 0 Å². The van der Waals surface area contributed by atoms with Gasteiger partial charge < -0.3 is 0 Å². The minimum Gasteiger partial charge on any atom is -0.264 e. The Balaban J connectivity index is 2.03. The maximum absolute atomic E-state index is 4.33. The largest absolute Gasteiger partial charge is 0.417 e. The lowest BCUT2D eigenvalue weighted by Gasteiger charge is -2.03. The van der Waals surface area contributed by atoms with Gasteiger partial charge >= 0.3 is 20.4 Å². The molecule has 15 heavy (non-hydrogen) atoms. The van der Waals surface area contributed by atoms with E-state index in [1.54, 1.807) is 0 Å². The van der Waals surface area contributed by atoms with Gasteiger partial charge in [0.2, 0.25) is 0 Å². The Morgan fingerprint density at radius 2 is 1.87 bits per heavy atom. The molecule has 2 heteroatoms. The number of hydrogen-bond donors (Lipinski definition) is 0. The van der Waals surface area contributed by atoms with E-state index in [4.69, 9.17) is 0 Å². The van der Waals surface area contributed by atoms with E-state index in [0.717, 1.165) is 0 Å². The molecule has 2 rings (SSSR count). The van der Waals surface area contributed by atoms with Crippen molar-refractivity contribution in [3.63, 3.8) is 0 Å². The van der Waals surface area contributed by atoms with E-state index in [9.17, 15) is 0 Å². The van der Waals surface area contributed by atoms with Crippen LogP contribution in [0.1, 0.15) is 11.3 Å². The van der Waals surface area contributed by atoms with Gasteiger partial charge in [-0.25, -0.2) is 0 Å². The zero-order chi connectivity index (χ0) is 10.5. The molecule has 0 aliphatic carbocycles. The highest BCUT2D eigenvalue weighted by molar-refractivity contribution is 6.53. The Kier molecular flexibility index (Phi) is 3.75. The first-order valence-corrected chi connectivity index (χ1v) is 7.01. The molecule has 72 valence electrons. The van der Waals surface area contributed by atoms with Crippen molar-refractivity contribution in [1.82, 2.24) is 4.98 Å². The van der Waals surface area contributed by atoms with E-state index in [1.807, 2.05) is 12.3 Å². The summed E-state index contributed by atoms with van der Waals surface area (Å²) in [5.74, 6) is 0. The Hall–Kier alpha value is -0.864. The molecule has 1 nitrogen and oxygen atoms in total. The lowest BCUT2D eigenvalue weighted by atomic mass is 10.2. The number of benzene rings is 1. The molecule has 2 aromatic rings. The van der Waals surface area contributed by atoms with Gasteiger partial charge in [0.15, 0.2) is 0 Å². The Labute approximate surface area is 100 Å². The van der Waals surface area contributed by atoms with E-state index in [1.165, 1.54) is 19.5 Å². The fourth-order valence-electron chi connectivity index (χ4n) is 1.71. The molecule has 0 spiro atoms. The van der Waals surface area contributed by atoms with Gasteiger partial charge in [-0.1, -0.05) is 42.0 Å². The van der Waals surface area contributed by atoms with E-state index in [0.29, 0.717) is 0 Å². The summed E-state index contributed by atoms with van der Waals surface area (Å²) in [5.41, 5.74) is 2.66. The lowest BCUT2D eigenvalue weighted by Crippen LogP contribution is -2.20. The number of nitrogens with zero attached hydrogens (tertiary/aromatic N) is 1. The summed E-state index contributed by atoms with van der Waals surface area (Å²) in [4.78, 5) is 4.33. The molecule has 0 atom stereocenters. The van der Waals surface area contributed by atoms with Crippen molar-refractivity contribution in [2.45, 2.75) is 11.5 Å². The lowest BCUT2D eigenvalue weighted by molar-refractivity contribution is 1.22. The van der Waals surface area contributed by atoms with Crippen LogP contribution in [0.5, 0.6) is 0 Å². The Bertz CT molecular complexity index is 426. The predicted octanol–water partition coefficient (Wildman–Crippen LogP) is 1.92. The van der Waals surface area contributed by atoms with Crippen LogP contribution in [0.15, 0.2) is 48.7 Å². The third kappa shape index (κ3) is 3.04. The normalized spacial score (nSPS) is 9.67. The van der Waals surface area contributed by atoms with Crippen LogP contribution in [0.2, 0.25) is 0 Å². The van der Waals surface area contributed by atoms with Crippen molar-refractivity contribution < 1.29 is 0 Å². The molecule has 0 N–H and O–H groups in total. The average molecular weight is 208 g/mol. The van der Waals surface area contributed by atoms with Crippen LogP contribution in [0.25, 0.3) is 0 Å². The van der Waals surface area contributed by atoms with Gasteiger partial charge in [-0.15, -0.1) is 4.55 Å². The fourth-order valence-corrected chi connectivity index (χ4v) is 3.35. The number of rotatable bonds is 3. The number of aromatic nitrogens is 1. The maximum atomic E-state index is 4.33. The second-order valence-electron chi connectivity index (χ2n) is 3.73. The molecule has 0 amide bonds. The zero-order valence-electron chi connectivity index (χ0n) is 8.98. The van der Waals surface area contributed by atoms with Crippen molar-refractivity contribution in [1.29, 1.82) is 0 Å². The van der Waals surface area contributed by atoms with Crippen LogP contribution < -0.4 is 3.69 Å². The molecule has 0 bridgehead atoms. The summed E-state index contributed by atoms with van der Waals surface area (Å²) in [6.07, 6.45) is 1.87. The molecule has 1 aromatic carbocycles. The highest BCUT2D eigenvalue weighted by Gasteiger charge is 2.03. The van der Waals surface area contributed by atoms with Gasteiger partial charge in [-0.3, -0.25) is 4.98 Å². The third-order valence-electron chi connectivity index (χ3n) is 2.64. The molecule has 1 heterocycles. The van der Waals surface area contributed by atoms with Crippen molar-refractivity contribution >= 4 is 24.1 Å². The van der Waals surface area contributed by atoms with E-state index < -0.39 is 0 Å². The second kappa shape index (κ2) is 5.28. The molecule has 0 aliphatic rings. The van der Waals surface area contributed by atoms with Crippen molar-refractivity contribution in [3.05, 3.63) is 59.9 Å². The summed E-state index contributed by atoms with van der Waals surface area (Å²) >= 11 is -0.201. The topological polar surface area (TPSA) is 12.9 Å². The van der Waals surface area contributed by atoms with Crippen LogP contribution in [-0.4, -0.2) is 25.3 Å². The first-order chi connectivity index (χ1) is 7.36. The Morgan fingerprint density at radius 1 is 1.07 bits per heavy atom. The van der Waals surface area contributed by atoms with E-state index in [-0.39, 0.29) is 20.4 Å². The smallest absolute Gasteiger partial charge is 0.264 e. The number of pyridine rings is 1. The minimum absolute atomic E-state index is 0.201. The molecule has 0 aliphatic heterocycles. The maximum Gasteiger partial charge on any atom is 0.417 e. The van der Waals surface area contributed by atoms with Gasteiger partial charge in [0.25, 0.3) is 0 Å². The SMILES string of the molecule is Cc1nccc[c]1[Mg][CH2]c1ccccc1. The molecule has 0 radical (unpaired) electrons. The van der Waals surface area contributed by atoms with Gasteiger partial charge in [0.05, 0.1) is 0 Å². The molecule has 0 unspecified atom stereocenters. The van der Waals surface area contributed by atoms with Gasteiger partial charge in [-0.05, 0) is 13.0 Å². The highest BCUT2D eigenvalue weighted by Crippen LogP contribution is 1.98. The van der Waals surface area contributed by atoms with E-state index >= 15 is 0 Å². The summed E-state index contributed by atoms with van der Waals surface area (Å²) in [6.45, 7) is 2.10.